The highest BCUT2D eigenvalue weighted by Crippen LogP contribution is 2.51. The molecule has 172 valence electrons. The van der Waals surface area contributed by atoms with E-state index >= 15 is 0 Å². The second-order valence-corrected chi connectivity index (χ2v) is 14.0. The predicted molar refractivity (Wildman–Crippen MR) is 141 cm³/mol. The van der Waals surface area contributed by atoms with Gasteiger partial charge in [0.05, 0.1) is 32.3 Å². The summed E-state index contributed by atoms with van der Waals surface area (Å²) < 4.78 is 55.2. The molecule has 4 aromatic rings. The fraction of sp³-hybridized carbons (Fsp3) is 0.0909. The molecule has 11 heteroatoms. The zero-order chi connectivity index (χ0) is 23.6. The maximum absolute atomic E-state index is 12.1. The maximum atomic E-state index is 12.1. The summed E-state index contributed by atoms with van der Waals surface area (Å²) in [5, 5.41) is 3.81. The Bertz CT molecular complexity index is 1360. The first-order valence-electron chi connectivity index (χ1n) is 9.58. The number of hydrogen-bond donors (Lipinski definition) is 2. The van der Waals surface area contributed by atoms with Gasteiger partial charge in [0.15, 0.2) is 0 Å². The molecular formula is C22H20N2O4S5. The third-order valence-corrected chi connectivity index (χ3v) is 8.99. The monoisotopic (exact) mass is 536 g/mol. The topological polar surface area (TPSA) is 92.3 Å². The van der Waals surface area contributed by atoms with Crippen LogP contribution in [0.2, 0.25) is 0 Å². The Kier molecular flexibility index (Phi) is 6.87. The highest BCUT2D eigenvalue weighted by atomic mass is 32.2. The smallest absolute Gasteiger partial charge is 0.229 e. The van der Waals surface area contributed by atoms with Gasteiger partial charge < -0.3 is 0 Å². The summed E-state index contributed by atoms with van der Waals surface area (Å²) in [7, 11) is -7.07. The molecule has 2 N–H and O–H groups in total. The van der Waals surface area contributed by atoms with E-state index in [4.69, 9.17) is 0 Å². The second kappa shape index (κ2) is 9.51. The van der Waals surface area contributed by atoms with Crippen LogP contribution < -0.4 is 9.44 Å². The van der Waals surface area contributed by atoms with Crippen LogP contribution in [-0.2, 0) is 20.0 Å². The molecule has 0 atom stereocenters. The summed E-state index contributed by atoms with van der Waals surface area (Å²) >= 11 is 4.14. The van der Waals surface area contributed by atoms with E-state index in [2.05, 4.69) is 9.44 Å². The van der Waals surface area contributed by atoms with Gasteiger partial charge in [0.2, 0.25) is 20.0 Å². The molecule has 0 unspecified atom stereocenters. The minimum absolute atomic E-state index is 0.485. The molecule has 2 aromatic carbocycles. The Labute approximate surface area is 205 Å². The van der Waals surface area contributed by atoms with Crippen LogP contribution in [0.15, 0.2) is 79.8 Å². The van der Waals surface area contributed by atoms with Crippen molar-refractivity contribution in [3.05, 3.63) is 71.4 Å². The van der Waals surface area contributed by atoms with E-state index in [1.165, 1.54) is 34.4 Å². The van der Waals surface area contributed by atoms with Crippen molar-refractivity contribution in [2.45, 2.75) is 8.42 Å². The SMILES string of the molecule is CS(=O)(=O)Nc1c(-c2ccccc2)csc1Sc1scc(-c2ccccc2)c1NS(C)(=O)=O. The normalized spacial score (nSPS) is 11.9. The lowest BCUT2D eigenvalue weighted by Crippen LogP contribution is -2.10. The van der Waals surface area contributed by atoms with Crippen LogP contribution >= 0.6 is 34.4 Å². The van der Waals surface area contributed by atoms with Crippen molar-refractivity contribution in [3.63, 3.8) is 0 Å². The maximum Gasteiger partial charge on any atom is 0.229 e. The lowest BCUT2D eigenvalue weighted by Gasteiger charge is -2.11. The fourth-order valence-electron chi connectivity index (χ4n) is 3.14. The Morgan fingerprint density at radius 3 is 1.33 bits per heavy atom. The second-order valence-electron chi connectivity index (χ2n) is 7.21. The zero-order valence-corrected chi connectivity index (χ0v) is 21.7. The number of sulfonamides is 2. The van der Waals surface area contributed by atoms with E-state index in [0.29, 0.717) is 11.4 Å². The number of rotatable bonds is 8. The highest BCUT2D eigenvalue weighted by molar-refractivity contribution is 8.03. The van der Waals surface area contributed by atoms with Gasteiger partial charge in [-0.05, 0) is 11.1 Å². The first-order chi connectivity index (χ1) is 15.6. The molecule has 2 aromatic heterocycles. The predicted octanol–water partition coefficient (Wildman–Crippen LogP) is 6.04. The molecule has 33 heavy (non-hydrogen) atoms. The number of benzene rings is 2. The summed E-state index contributed by atoms with van der Waals surface area (Å²) in [6.07, 6.45) is 2.23. The largest absolute Gasteiger partial charge is 0.281 e. The van der Waals surface area contributed by atoms with Gasteiger partial charge in [0, 0.05) is 21.9 Å². The van der Waals surface area contributed by atoms with E-state index in [0.717, 1.165) is 43.2 Å². The lowest BCUT2D eigenvalue weighted by atomic mass is 10.1. The standard InChI is InChI=1S/C22H20N2O4S5/c1-32(25,26)23-19-17(15-9-5-3-6-10-15)13-29-21(19)31-22-20(24-33(2,27)28)18(14-30-22)16-11-7-4-8-12-16/h3-14,23-24H,1-2H3. The average Bonchev–Trinajstić information content (AvgIpc) is 3.31. The van der Waals surface area contributed by atoms with Gasteiger partial charge in [-0.15, -0.1) is 22.7 Å². The van der Waals surface area contributed by atoms with Gasteiger partial charge in [-0.1, -0.05) is 72.4 Å². The first-order valence-corrected chi connectivity index (χ1v) is 15.9. The Hall–Kier alpha value is -2.31. The minimum Gasteiger partial charge on any atom is -0.281 e. The fourth-order valence-corrected chi connectivity index (χ4v) is 8.10. The highest BCUT2D eigenvalue weighted by Gasteiger charge is 2.22. The van der Waals surface area contributed by atoms with E-state index in [9.17, 15) is 16.8 Å². The Balaban J connectivity index is 1.81. The van der Waals surface area contributed by atoms with Crippen molar-refractivity contribution < 1.29 is 16.8 Å². The van der Waals surface area contributed by atoms with Gasteiger partial charge in [0.1, 0.15) is 0 Å². The van der Waals surface area contributed by atoms with Crippen LogP contribution in [0.1, 0.15) is 0 Å². The van der Waals surface area contributed by atoms with Gasteiger partial charge in [-0.2, -0.15) is 0 Å². The van der Waals surface area contributed by atoms with E-state index < -0.39 is 20.0 Å². The lowest BCUT2D eigenvalue weighted by molar-refractivity contribution is 0.605. The van der Waals surface area contributed by atoms with Crippen LogP contribution in [0.5, 0.6) is 0 Å². The molecular weight excluding hydrogens is 517 g/mol. The molecule has 0 spiro atoms. The van der Waals surface area contributed by atoms with Crippen LogP contribution in [-0.4, -0.2) is 29.3 Å². The van der Waals surface area contributed by atoms with Gasteiger partial charge in [0.25, 0.3) is 0 Å². The van der Waals surface area contributed by atoms with Crippen LogP contribution in [0.25, 0.3) is 22.3 Å². The Morgan fingerprint density at radius 2 is 1.00 bits per heavy atom. The summed E-state index contributed by atoms with van der Waals surface area (Å²) in [6, 6.07) is 19.0. The van der Waals surface area contributed by atoms with Gasteiger partial charge in [-0.25, -0.2) is 16.8 Å². The molecule has 6 nitrogen and oxygen atoms in total. The molecule has 0 saturated carbocycles. The van der Waals surface area contributed by atoms with E-state index in [-0.39, 0.29) is 0 Å². The Morgan fingerprint density at radius 1 is 0.636 bits per heavy atom. The third kappa shape index (κ3) is 5.98. The number of nitrogens with one attached hydrogen (secondary N) is 2. The molecule has 0 radical (unpaired) electrons. The third-order valence-electron chi connectivity index (χ3n) is 4.44. The van der Waals surface area contributed by atoms with Crippen molar-refractivity contribution in [2.24, 2.45) is 0 Å². The number of hydrogen-bond acceptors (Lipinski definition) is 7. The molecule has 4 rings (SSSR count). The molecule has 2 heterocycles. The van der Waals surface area contributed by atoms with E-state index in [1.807, 2.05) is 71.4 Å². The quantitative estimate of drug-likeness (QED) is 0.287. The average molecular weight is 537 g/mol. The summed E-state index contributed by atoms with van der Waals surface area (Å²) in [4.78, 5) is 0. The molecule has 0 saturated heterocycles. The zero-order valence-electron chi connectivity index (χ0n) is 17.6. The van der Waals surface area contributed by atoms with Gasteiger partial charge >= 0.3 is 0 Å². The van der Waals surface area contributed by atoms with Crippen molar-refractivity contribution in [1.82, 2.24) is 0 Å². The molecule has 0 aliphatic carbocycles. The summed E-state index contributed by atoms with van der Waals surface area (Å²) in [5.41, 5.74) is 4.28. The van der Waals surface area contributed by atoms with Crippen LogP contribution in [0.3, 0.4) is 0 Å². The molecule has 0 bridgehead atoms. The van der Waals surface area contributed by atoms with Crippen molar-refractivity contribution in [2.75, 3.05) is 22.0 Å². The van der Waals surface area contributed by atoms with E-state index in [1.54, 1.807) is 0 Å². The van der Waals surface area contributed by atoms with Crippen LogP contribution in [0.4, 0.5) is 11.4 Å². The summed E-state index contributed by atoms with van der Waals surface area (Å²) in [5.74, 6) is 0. The van der Waals surface area contributed by atoms with Gasteiger partial charge in [-0.3, -0.25) is 9.44 Å². The molecule has 0 amide bonds. The first kappa shape index (κ1) is 23.8. The minimum atomic E-state index is -3.53. The number of thiophene rings is 2. The van der Waals surface area contributed by atoms with Crippen LogP contribution in [0, 0.1) is 0 Å². The van der Waals surface area contributed by atoms with Crippen molar-refractivity contribution >= 4 is 65.9 Å². The molecule has 0 aliphatic heterocycles. The van der Waals surface area contributed by atoms with Crippen molar-refractivity contribution in [1.29, 1.82) is 0 Å². The molecule has 0 fully saturated rings. The molecule has 0 aliphatic rings. The summed E-state index contributed by atoms with van der Waals surface area (Å²) in [6.45, 7) is 0. The number of anilines is 2. The van der Waals surface area contributed by atoms with Crippen molar-refractivity contribution in [3.8, 4) is 22.3 Å².